The molecule has 0 fully saturated rings. The van der Waals surface area contributed by atoms with E-state index in [1.54, 1.807) is 33.7 Å². The molecule has 1 heterocycles. The molecule has 0 saturated heterocycles. The molecule has 0 N–H and O–H groups in total. The number of rotatable bonds is 5. The SMILES string of the molecule is COc1cc(/C=C\c2cccnc2)cc(OC)c1OC. The minimum atomic E-state index is 0.591. The fourth-order valence-electron chi connectivity index (χ4n) is 1.86. The highest BCUT2D eigenvalue weighted by Crippen LogP contribution is 2.38. The van der Waals surface area contributed by atoms with Gasteiger partial charge in [-0.2, -0.15) is 0 Å². The number of pyridine rings is 1. The first-order valence-corrected chi connectivity index (χ1v) is 6.16. The summed E-state index contributed by atoms with van der Waals surface area (Å²) < 4.78 is 15.9. The van der Waals surface area contributed by atoms with E-state index in [2.05, 4.69) is 4.98 Å². The van der Waals surface area contributed by atoms with Gasteiger partial charge in [-0.25, -0.2) is 0 Å². The number of aromatic nitrogens is 1. The molecule has 2 aromatic rings. The number of methoxy groups -OCH3 is 3. The fourth-order valence-corrected chi connectivity index (χ4v) is 1.86. The molecule has 0 atom stereocenters. The molecule has 0 saturated carbocycles. The summed E-state index contributed by atoms with van der Waals surface area (Å²) in [7, 11) is 4.79. The summed E-state index contributed by atoms with van der Waals surface area (Å²) in [4.78, 5) is 4.07. The van der Waals surface area contributed by atoms with Crippen molar-refractivity contribution in [2.24, 2.45) is 0 Å². The van der Waals surface area contributed by atoms with E-state index in [9.17, 15) is 0 Å². The normalized spacial score (nSPS) is 10.6. The first kappa shape index (κ1) is 13.9. The van der Waals surface area contributed by atoms with Gasteiger partial charge in [0.2, 0.25) is 5.75 Å². The van der Waals surface area contributed by atoms with Gasteiger partial charge in [-0.3, -0.25) is 4.98 Å². The Kier molecular flexibility index (Phi) is 4.60. The predicted octanol–water partition coefficient (Wildman–Crippen LogP) is 3.28. The van der Waals surface area contributed by atoms with E-state index in [4.69, 9.17) is 14.2 Å². The molecule has 0 amide bonds. The first-order chi connectivity index (χ1) is 9.78. The predicted molar refractivity (Wildman–Crippen MR) is 79.3 cm³/mol. The Balaban J connectivity index is 2.35. The molecule has 20 heavy (non-hydrogen) atoms. The summed E-state index contributed by atoms with van der Waals surface area (Å²) >= 11 is 0. The highest BCUT2D eigenvalue weighted by molar-refractivity contribution is 5.72. The maximum Gasteiger partial charge on any atom is 0.203 e. The van der Waals surface area contributed by atoms with Crippen LogP contribution in [-0.2, 0) is 0 Å². The van der Waals surface area contributed by atoms with Crippen LogP contribution in [0.4, 0.5) is 0 Å². The number of benzene rings is 1. The zero-order chi connectivity index (χ0) is 14.4. The van der Waals surface area contributed by atoms with E-state index in [1.807, 2.05) is 36.4 Å². The third kappa shape index (κ3) is 3.09. The smallest absolute Gasteiger partial charge is 0.203 e. The Morgan fingerprint density at radius 2 is 1.55 bits per heavy atom. The number of ether oxygens (including phenoxy) is 3. The molecule has 0 aliphatic heterocycles. The van der Waals surface area contributed by atoms with Crippen LogP contribution in [0.1, 0.15) is 11.1 Å². The van der Waals surface area contributed by atoms with E-state index in [0.717, 1.165) is 11.1 Å². The maximum atomic E-state index is 5.32. The van der Waals surface area contributed by atoms with Crippen molar-refractivity contribution in [1.82, 2.24) is 4.98 Å². The lowest BCUT2D eigenvalue weighted by atomic mass is 10.1. The van der Waals surface area contributed by atoms with Crippen molar-refractivity contribution in [3.63, 3.8) is 0 Å². The van der Waals surface area contributed by atoms with Gasteiger partial charge in [-0.05, 0) is 29.3 Å². The lowest BCUT2D eigenvalue weighted by molar-refractivity contribution is 0.324. The molecule has 2 rings (SSSR count). The molecule has 0 spiro atoms. The lowest BCUT2D eigenvalue weighted by Crippen LogP contribution is -1.95. The van der Waals surface area contributed by atoms with Crippen LogP contribution in [0, 0.1) is 0 Å². The molecule has 104 valence electrons. The van der Waals surface area contributed by atoms with Gasteiger partial charge in [0.25, 0.3) is 0 Å². The largest absolute Gasteiger partial charge is 0.493 e. The minimum Gasteiger partial charge on any atom is -0.493 e. The van der Waals surface area contributed by atoms with Crippen molar-refractivity contribution in [3.8, 4) is 17.2 Å². The molecule has 1 aromatic heterocycles. The summed E-state index contributed by atoms with van der Waals surface area (Å²) in [6.45, 7) is 0. The van der Waals surface area contributed by atoms with Crippen LogP contribution in [-0.4, -0.2) is 26.3 Å². The second-order valence-corrected chi connectivity index (χ2v) is 4.08. The minimum absolute atomic E-state index is 0.591. The van der Waals surface area contributed by atoms with Gasteiger partial charge in [0.15, 0.2) is 11.5 Å². The van der Waals surface area contributed by atoms with Crippen LogP contribution in [0.25, 0.3) is 12.2 Å². The van der Waals surface area contributed by atoms with Gasteiger partial charge in [-0.1, -0.05) is 18.2 Å². The highest BCUT2D eigenvalue weighted by Gasteiger charge is 2.11. The summed E-state index contributed by atoms with van der Waals surface area (Å²) in [5.41, 5.74) is 1.99. The lowest BCUT2D eigenvalue weighted by Gasteiger charge is -2.12. The topological polar surface area (TPSA) is 40.6 Å². The van der Waals surface area contributed by atoms with Crippen molar-refractivity contribution in [3.05, 3.63) is 47.8 Å². The standard InChI is InChI=1S/C16H17NO3/c1-18-14-9-13(10-15(19-2)16(14)20-3)7-6-12-5-4-8-17-11-12/h4-11H,1-3H3/b7-6-. The summed E-state index contributed by atoms with van der Waals surface area (Å²) in [5, 5.41) is 0. The third-order valence-electron chi connectivity index (χ3n) is 2.84. The number of nitrogens with zero attached hydrogens (tertiary/aromatic N) is 1. The second-order valence-electron chi connectivity index (χ2n) is 4.08. The molecule has 0 unspecified atom stereocenters. The van der Waals surface area contributed by atoms with Crippen molar-refractivity contribution >= 4 is 12.2 Å². The van der Waals surface area contributed by atoms with Crippen molar-refractivity contribution in [2.75, 3.05) is 21.3 Å². The number of hydrogen-bond acceptors (Lipinski definition) is 4. The van der Waals surface area contributed by atoms with Crippen LogP contribution in [0.2, 0.25) is 0 Å². The molecule has 0 aliphatic carbocycles. The molecule has 4 nitrogen and oxygen atoms in total. The molecule has 0 bridgehead atoms. The van der Waals surface area contributed by atoms with E-state index in [0.29, 0.717) is 17.2 Å². The quantitative estimate of drug-likeness (QED) is 0.836. The summed E-state index contributed by atoms with van der Waals surface area (Å²) in [6, 6.07) is 7.68. The Hall–Kier alpha value is -2.49. The van der Waals surface area contributed by atoms with Gasteiger partial charge >= 0.3 is 0 Å². The highest BCUT2D eigenvalue weighted by atomic mass is 16.5. The summed E-state index contributed by atoms with van der Waals surface area (Å²) in [5.74, 6) is 1.86. The molecule has 0 radical (unpaired) electrons. The average Bonchev–Trinajstić information content (AvgIpc) is 2.52. The van der Waals surface area contributed by atoms with E-state index in [-0.39, 0.29) is 0 Å². The fraction of sp³-hybridized carbons (Fsp3) is 0.188. The Bertz CT molecular complexity index is 569. The average molecular weight is 271 g/mol. The Morgan fingerprint density at radius 3 is 2.05 bits per heavy atom. The Morgan fingerprint density at radius 1 is 0.900 bits per heavy atom. The van der Waals surface area contributed by atoms with Crippen LogP contribution in [0.15, 0.2) is 36.7 Å². The van der Waals surface area contributed by atoms with Gasteiger partial charge in [-0.15, -0.1) is 0 Å². The molecular weight excluding hydrogens is 254 g/mol. The van der Waals surface area contributed by atoms with Crippen molar-refractivity contribution in [2.45, 2.75) is 0 Å². The van der Waals surface area contributed by atoms with Crippen molar-refractivity contribution < 1.29 is 14.2 Å². The van der Waals surface area contributed by atoms with Gasteiger partial charge in [0, 0.05) is 12.4 Å². The zero-order valence-electron chi connectivity index (χ0n) is 11.8. The third-order valence-corrected chi connectivity index (χ3v) is 2.84. The van der Waals surface area contributed by atoms with Crippen molar-refractivity contribution in [1.29, 1.82) is 0 Å². The molecule has 0 aliphatic rings. The van der Waals surface area contributed by atoms with E-state index < -0.39 is 0 Å². The zero-order valence-corrected chi connectivity index (χ0v) is 11.8. The molecule has 4 heteroatoms. The second kappa shape index (κ2) is 6.61. The van der Waals surface area contributed by atoms with Gasteiger partial charge in [0.05, 0.1) is 21.3 Å². The van der Waals surface area contributed by atoms with Gasteiger partial charge < -0.3 is 14.2 Å². The molecule has 1 aromatic carbocycles. The van der Waals surface area contributed by atoms with Crippen LogP contribution >= 0.6 is 0 Å². The van der Waals surface area contributed by atoms with Crippen LogP contribution in [0.5, 0.6) is 17.2 Å². The number of hydrogen-bond donors (Lipinski definition) is 0. The summed E-state index contributed by atoms with van der Waals surface area (Å²) in [6.07, 6.45) is 7.50. The molecular formula is C16H17NO3. The van der Waals surface area contributed by atoms with Crippen LogP contribution in [0.3, 0.4) is 0 Å². The van der Waals surface area contributed by atoms with E-state index in [1.165, 1.54) is 0 Å². The van der Waals surface area contributed by atoms with E-state index >= 15 is 0 Å². The van der Waals surface area contributed by atoms with Crippen LogP contribution < -0.4 is 14.2 Å². The first-order valence-electron chi connectivity index (χ1n) is 6.16. The van der Waals surface area contributed by atoms with Gasteiger partial charge in [0.1, 0.15) is 0 Å². The monoisotopic (exact) mass is 271 g/mol. The Labute approximate surface area is 118 Å². The maximum absolute atomic E-state index is 5.32.